The number of hydrogen-bond acceptors (Lipinski definition) is 2. The summed E-state index contributed by atoms with van der Waals surface area (Å²) in [5.41, 5.74) is 1.39. The van der Waals surface area contributed by atoms with Crippen LogP contribution in [0.5, 0.6) is 0 Å². The third-order valence-corrected chi connectivity index (χ3v) is 2.83. The number of carbonyl (C=O) groups is 1. The molecule has 4 heteroatoms. The first-order valence-corrected chi connectivity index (χ1v) is 5.83. The summed E-state index contributed by atoms with van der Waals surface area (Å²) in [4.78, 5) is 12.9. The number of benzene rings is 1. The van der Waals surface area contributed by atoms with Gasteiger partial charge in [-0.15, -0.1) is 0 Å². The average Bonchev–Trinajstić information content (AvgIpc) is 2.32. The highest BCUT2D eigenvalue weighted by Crippen LogP contribution is 2.34. The Morgan fingerprint density at radius 1 is 1.47 bits per heavy atom. The highest BCUT2D eigenvalue weighted by molar-refractivity contribution is 5.80. The Hall–Kier alpha value is -1.58. The molecule has 1 aliphatic heterocycles. The maximum Gasteiger partial charge on any atom is 0.311 e. The van der Waals surface area contributed by atoms with Crippen LogP contribution < -0.4 is 4.90 Å². The zero-order valence-corrected chi connectivity index (χ0v) is 10.4. The summed E-state index contributed by atoms with van der Waals surface area (Å²) >= 11 is 0. The number of rotatable bonds is 1. The zero-order chi connectivity index (χ0) is 13.0. The molecule has 94 valence electrons. The quantitative estimate of drug-likeness (QED) is 0.819. The molecule has 1 aromatic carbocycles. The maximum absolute atomic E-state index is 13.0. The van der Waals surface area contributed by atoms with Gasteiger partial charge in [0.25, 0.3) is 0 Å². The second-order valence-electron chi connectivity index (χ2n) is 3.80. The number of halogens is 1. The molecular formula is C13H18FNO2. The second kappa shape index (κ2) is 5.66. The van der Waals surface area contributed by atoms with Crippen molar-refractivity contribution in [2.75, 3.05) is 18.5 Å². The molecule has 0 bridgehead atoms. The van der Waals surface area contributed by atoms with E-state index in [0.29, 0.717) is 24.2 Å². The van der Waals surface area contributed by atoms with Gasteiger partial charge in [0.05, 0.1) is 5.92 Å². The fourth-order valence-electron chi connectivity index (χ4n) is 2.00. The van der Waals surface area contributed by atoms with E-state index in [-0.39, 0.29) is 5.82 Å². The van der Waals surface area contributed by atoms with Crippen molar-refractivity contribution in [3.63, 3.8) is 0 Å². The number of anilines is 1. The molecule has 0 amide bonds. The summed E-state index contributed by atoms with van der Waals surface area (Å²) in [6.07, 6.45) is 0.574. The third-order valence-electron chi connectivity index (χ3n) is 2.83. The molecule has 2 rings (SSSR count). The first-order valence-electron chi connectivity index (χ1n) is 5.83. The number of fused-ring (bicyclic) bond motifs is 1. The van der Waals surface area contributed by atoms with E-state index in [1.54, 1.807) is 6.07 Å². The van der Waals surface area contributed by atoms with Crippen LogP contribution in [-0.4, -0.2) is 24.7 Å². The molecule has 0 fully saturated rings. The van der Waals surface area contributed by atoms with Crippen molar-refractivity contribution in [2.24, 2.45) is 0 Å². The van der Waals surface area contributed by atoms with Crippen LogP contribution in [0.15, 0.2) is 18.2 Å². The Bertz CT molecular complexity index is 406. The van der Waals surface area contributed by atoms with E-state index in [9.17, 15) is 9.18 Å². The van der Waals surface area contributed by atoms with Crippen LogP contribution in [0.3, 0.4) is 0 Å². The van der Waals surface area contributed by atoms with E-state index >= 15 is 0 Å². The summed E-state index contributed by atoms with van der Waals surface area (Å²) in [5, 5.41) is 9.03. The minimum Gasteiger partial charge on any atom is -0.481 e. The molecule has 0 radical (unpaired) electrons. The van der Waals surface area contributed by atoms with E-state index in [4.69, 9.17) is 5.11 Å². The van der Waals surface area contributed by atoms with Crippen LogP contribution in [0.4, 0.5) is 10.1 Å². The lowest BCUT2D eigenvalue weighted by molar-refractivity contribution is -0.139. The zero-order valence-electron chi connectivity index (χ0n) is 10.4. The van der Waals surface area contributed by atoms with Crippen molar-refractivity contribution >= 4 is 11.7 Å². The number of hydrogen-bond donors (Lipinski definition) is 1. The van der Waals surface area contributed by atoms with Crippen molar-refractivity contribution < 1.29 is 14.3 Å². The summed E-state index contributed by atoms with van der Waals surface area (Å²) in [7, 11) is 1.84. The molecule has 0 saturated carbocycles. The van der Waals surface area contributed by atoms with Gasteiger partial charge in [-0.1, -0.05) is 19.9 Å². The molecular weight excluding hydrogens is 221 g/mol. The summed E-state index contributed by atoms with van der Waals surface area (Å²) in [5.74, 6) is -1.67. The lowest BCUT2D eigenvalue weighted by Gasteiger charge is -2.31. The van der Waals surface area contributed by atoms with Crippen molar-refractivity contribution in [3.05, 3.63) is 29.6 Å². The third kappa shape index (κ3) is 2.75. The molecule has 1 heterocycles. The first-order chi connectivity index (χ1) is 8.09. The maximum atomic E-state index is 13.0. The number of carboxylic acid groups (broad SMARTS) is 1. The van der Waals surface area contributed by atoms with Crippen LogP contribution in [0.25, 0.3) is 0 Å². The van der Waals surface area contributed by atoms with Gasteiger partial charge in [-0.3, -0.25) is 4.79 Å². The number of carboxylic acids is 1. The van der Waals surface area contributed by atoms with Gasteiger partial charge in [0.15, 0.2) is 0 Å². The summed E-state index contributed by atoms with van der Waals surface area (Å²) in [6.45, 7) is 4.65. The highest BCUT2D eigenvalue weighted by Gasteiger charge is 2.28. The van der Waals surface area contributed by atoms with Crippen LogP contribution in [0.1, 0.15) is 31.7 Å². The van der Waals surface area contributed by atoms with Crippen molar-refractivity contribution in [3.8, 4) is 0 Å². The van der Waals surface area contributed by atoms with Gasteiger partial charge >= 0.3 is 5.97 Å². The Morgan fingerprint density at radius 3 is 2.71 bits per heavy atom. The monoisotopic (exact) mass is 239 g/mol. The van der Waals surface area contributed by atoms with Crippen LogP contribution >= 0.6 is 0 Å². The normalized spacial score (nSPS) is 17.9. The molecule has 0 aliphatic carbocycles. The second-order valence-corrected chi connectivity index (χ2v) is 3.80. The van der Waals surface area contributed by atoms with Crippen LogP contribution in [0, 0.1) is 5.82 Å². The summed E-state index contributed by atoms with van der Waals surface area (Å²) < 4.78 is 13.0. The van der Waals surface area contributed by atoms with Gasteiger partial charge in [-0.25, -0.2) is 4.39 Å². The van der Waals surface area contributed by atoms with Crippen molar-refractivity contribution in [1.29, 1.82) is 0 Å². The number of aliphatic carboxylic acids is 1. The van der Waals surface area contributed by atoms with Crippen LogP contribution in [0.2, 0.25) is 0 Å². The van der Waals surface area contributed by atoms with E-state index in [1.807, 2.05) is 25.8 Å². The smallest absolute Gasteiger partial charge is 0.311 e. The predicted octanol–water partition coefficient (Wildman–Crippen LogP) is 2.86. The molecule has 1 N–H and O–H groups in total. The summed E-state index contributed by atoms with van der Waals surface area (Å²) in [6, 6.07) is 4.28. The topological polar surface area (TPSA) is 40.5 Å². The fourth-order valence-corrected chi connectivity index (χ4v) is 2.00. The minimum atomic E-state index is -0.837. The molecule has 0 saturated heterocycles. The lowest BCUT2D eigenvalue weighted by Crippen LogP contribution is -2.30. The van der Waals surface area contributed by atoms with Crippen molar-refractivity contribution in [1.82, 2.24) is 0 Å². The first kappa shape index (κ1) is 13.5. The van der Waals surface area contributed by atoms with E-state index < -0.39 is 11.9 Å². The van der Waals surface area contributed by atoms with Gasteiger partial charge in [-0.05, 0) is 24.1 Å². The van der Waals surface area contributed by atoms with Gasteiger partial charge in [-0.2, -0.15) is 0 Å². The standard InChI is InChI=1S/C11H12FNO2.C2H6/c1-13-5-4-9(11(14)15)8-3-2-7(12)6-10(8)13;1-2/h2-3,6,9H,4-5H2,1H3,(H,14,15);1-2H3. The molecule has 0 spiro atoms. The van der Waals surface area contributed by atoms with Crippen molar-refractivity contribution in [2.45, 2.75) is 26.2 Å². The molecule has 17 heavy (non-hydrogen) atoms. The Morgan fingerprint density at radius 2 is 2.12 bits per heavy atom. The lowest BCUT2D eigenvalue weighted by atomic mass is 9.90. The molecule has 1 atom stereocenters. The molecule has 3 nitrogen and oxygen atoms in total. The number of nitrogens with zero attached hydrogens (tertiary/aromatic N) is 1. The largest absolute Gasteiger partial charge is 0.481 e. The SMILES string of the molecule is CC.CN1CCC(C(=O)O)c2ccc(F)cc21. The van der Waals surface area contributed by atoms with E-state index in [1.165, 1.54) is 12.1 Å². The van der Waals surface area contributed by atoms with Gasteiger partial charge in [0, 0.05) is 19.3 Å². The van der Waals surface area contributed by atoms with Gasteiger partial charge < -0.3 is 10.0 Å². The van der Waals surface area contributed by atoms with Crippen LogP contribution in [-0.2, 0) is 4.79 Å². The van der Waals surface area contributed by atoms with Gasteiger partial charge in [0.2, 0.25) is 0 Å². The molecule has 1 unspecified atom stereocenters. The molecule has 1 aliphatic rings. The Labute approximate surface area is 101 Å². The minimum absolute atomic E-state index is 0.327. The van der Waals surface area contributed by atoms with Gasteiger partial charge in [0.1, 0.15) is 5.82 Å². The Kier molecular flexibility index (Phi) is 4.49. The fraction of sp³-hybridized carbons (Fsp3) is 0.462. The average molecular weight is 239 g/mol. The highest BCUT2D eigenvalue weighted by atomic mass is 19.1. The molecule has 1 aromatic rings. The van der Waals surface area contributed by atoms with E-state index in [0.717, 1.165) is 0 Å². The predicted molar refractivity (Wildman–Crippen MR) is 66.0 cm³/mol. The Balaban J connectivity index is 0.000000686. The van der Waals surface area contributed by atoms with E-state index in [2.05, 4.69) is 0 Å². The molecule has 0 aromatic heterocycles.